The summed E-state index contributed by atoms with van der Waals surface area (Å²) in [5.74, 6) is 0. The SMILES string of the molecule is CC(C)(C)c1ccc(Nc2ccc3c(c2)C(C)(C)c2c4c(c5oc6ccccc6c5c2-3)-c2ccccc2C4(C)C)cc1. The molecule has 2 aliphatic carbocycles. The maximum Gasteiger partial charge on any atom is 0.144 e. The van der Waals surface area contributed by atoms with Crippen molar-refractivity contribution >= 4 is 33.3 Å². The molecule has 0 amide bonds. The summed E-state index contributed by atoms with van der Waals surface area (Å²) in [5.41, 5.74) is 16.2. The zero-order valence-electron chi connectivity index (χ0n) is 25.6. The van der Waals surface area contributed by atoms with E-state index in [2.05, 4.69) is 145 Å². The largest absolute Gasteiger partial charge is 0.455 e. The Bertz CT molecular complexity index is 2080. The van der Waals surface area contributed by atoms with Gasteiger partial charge in [-0.25, -0.2) is 0 Å². The quantitative estimate of drug-likeness (QED) is 0.233. The Labute approximate surface area is 248 Å². The molecule has 1 heterocycles. The van der Waals surface area contributed by atoms with Gasteiger partial charge < -0.3 is 9.73 Å². The Morgan fingerprint density at radius 1 is 0.619 bits per heavy atom. The number of hydrogen-bond acceptors (Lipinski definition) is 2. The van der Waals surface area contributed by atoms with Crippen molar-refractivity contribution in [1.29, 1.82) is 0 Å². The van der Waals surface area contributed by atoms with Crippen LogP contribution in [0.2, 0.25) is 0 Å². The van der Waals surface area contributed by atoms with E-state index in [1.165, 1.54) is 60.8 Å². The highest BCUT2D eigenvalue weighted by Crippen LogP contribution is 2.63. The van der Waals surface area contributed by atoms with E-state index in [1.54, 1.807) is 0 Å². The van der Waals surface area contributed by atoms with Crippen molar-refractivity contribution in [1.82, 2.24) is 0 Å². The third kappa shape index (κ3) is 3.27. The molecule has 8 rings (SSSR count). The van der Waals surface area contributed by atoms with Gasteiger partial charge in [-0.3, -0.25) is 0 Å². The van der Waals surface area contributed by atoms with E-state index in [4.69, 9.17) is 4.42 Å². The van der Waals surface area contributed by atoms with Crippen LogP contribution in [0.15, 0.2) is 95.4 Å². The Morgan fingerprint density at radius 2 is 1.24 bits per heavy atom. The molecule has 208 valence electrons. The van der Waals surface area contributed by atoms with E-state index in [9.17, 15) is 0 Å². The third-order valence-corrected chi connectivity index (χ3v) is 9.94. The summed E-state index contributed by atoms with van der Waals surface area (Å²) in [6.07, 6.45) is 0. The van der Waals surface area contributed by atoms with Gasteiger partial charge in [0.05, 0.1) is 0 Å². The summed E-state index contributed by atoms with van der Waals surface area (Å²) < 4.78 is 6.78. The molecule has 1 N–H and O–H groups in total. The third-order valence-electron chi connectivity index (χ3n) is 9.94. The fourth-order valence-corrected chi connectivity index (χ4v) is 7.83. The van der Waals surface area contributed by atoms with Crippen LogP contribution in [0.25, 0.3) is 44.2 Å². The summed E-state index contributed by atoms with van der Waals surface area (Å²) in [6, 6.07) is 33.3. The van der Waals surface area contributed by atoms with Gasteiger partial charge in [0.2, 0.25) is 0 Å². The van der Waals surface area contributed by atoms with E-state index < -0.39 is 0 Å². The van der Waals surface area contributed by atoms with Crippen LogP contribution < -0.4 is 5.32 Å². The second-order valence-corrected chi connectivity index (χ2v) is 14.3. The highest BCUT2D eigenvalue weighted by atomic mass is 16.3. The minimum absolute atomic E-state index is 0.137. The molecule has 0 spiro atoms. The fourth-order valence-electron chi connectivity index (χ4n) is 7.83. The first-order chi connectivity index (χ1) is 20.0. The lowest BCUT2D eigenvalue weighted by atomic mass is 9.72. The van der Waals surface area contributed by atoms with Gasteiger partial charge in [-0.15, -0.1) is 0 Å². The monoisotopic (exact) mass is 547 g/mol. The van der Waals surface area contributed by atoms with Gasteiger partial charge >= 0.3 is 0 Å². The molecule has 0 unspecified atom stereocenters. The maximum absolute atomic E-state index is 6.78. The molecule has 42 heavy (non-hydrogen) atoms. The smallest absolute Gasteiger partial charge is 0.144 e. The molecule has 1 aromatic heterocycles. The molecule has 2 heteroatoms. The van der Waals surface area contributed by atoms with E-state index >= 15 is 0 Å². The van der Waals surface area contributed by atoms with Crippen molar-refractivity contribution in [2.75, 3.05) is 5.32 Å². The number of rotatable bonds is 2. The molecule has 0 atom stereocenters. The summed E-state index contributed by atoms with van der Waals surface area (Å²) in [5, 5.41) is 6.14. The predicted molar refractivity (Wildman–Crippen MR) is 177 cm³/mol. The van der Waals surface area contributed by atoms with Gasteiger partial charge in [-0.05, 0) is 80.3 Å². The van der Waals surface area contributed by atoms with E-state index in [1.807, 2.05) is 0 Å². The minimum atomic E-state index is -0.186. The molecular formula is C40H37NO. The second kappa shape index (κ2) is 8.16. The molecular weight excluding hydrogens is 510 g/mol. The normalized spacial score (nSPS) is 15.9. The standard InChI is InChI=1S/C40H37NO/c1-38(2,3)23-16-18-24(19-17-23)41-25-20-21-27-30(22-25)40(6,7)35-32(27)33-28-13-9-11-15-31(28)42-37(33)34-26-12-8-10-14-29(26)39(4,5)36(34)35/h8-22,41H,1-7H3. The van der Waals surface area contributed by atoms with Gasteiger partial charge in [0.25, 0.3) is 0 Å². The second-order valence-electron chi connectivity index (χ2n) is 14.3. The van der Waals surface area contributed by atoms with Gasteiger partial charge in [0.1, 0.15) is 11.2 Å². The number of nitrogens with one attached hydrogen (secondary N) is 1. The number of benzene rings is 5. The number of anilines is 2. The zero-order valence-corrected chi connectivity index (χ0v) is 25.6. The molecule has 0 fully saturated rings. The molecule has 5 aromatic carbocycles. The van der Waals surface area contributed by atoms with Gasteiger partial charge in [0.15, 0.2) is 0 Å². The molecule has 0 radical (unpaired) electrons. The number of hydrogen-bond donors (Lipinski definition) is 1. The van der Waals surface area contributed by atoms with Gasteiger partial charge in [-0.1, -0.05) is 109 Å². The van der Waals surface area contributed by atoms with Crippen LogP contribution in [0, 0.1) is 0 Å². The van der Waals surface area contributed by atoms with Gasteiger partial charge in [-0.2, -0.15) is 0 Å². The lowest BCUT2D eigenvalue weighted by Gasteiger charge is -2.31. The molecule has 0 saturated heterocycles. The zero-order chi connectivity index (χ0) is 29.2. The lowest BCUT2D eigenvalue weighted by Crippen LogP contribution is -2.24. The van der Waals surface area contributed by atoms with Crippen LogP contribution in [0.1, 0.15) is 76.3 Å². The Kier molecular flexibility index (Phi) is 4.94. The lowest BCUT2D eigenvalue weighted by molar-refractivity contribution is 0.590. The highest BCUT2D eigenvalue weighted by Gasteiger charge is 2.48. The van der Waals surface area contributed by atoms with Crippen molar-refractivity contribution in [2.45, 2.75) is 64.7 Å². The first kappa shape index (κ1) is 25.4. The fraction of sp³-hybridized carbons (Fsp3) is 0.250. The van der Waals surface area contributed by atoms with Crippen LogP contribution in [-0.2, 0) is 16.2 Å². The summed E-state index contributed by atoms with van der Waals surface area (Å²) in [6.45, 7) is 16.4. The molecule has 0 bridgehead atoms. The van der Waals surface area contributed by atoms with Crippen molar-refractivity contribution in [3.8, 4) is 22.3 Å². The molecule has 0 aliphatic heterocycles. The van der Waals surface area contributed by atoms with E-state index in [0.717, 1.165) is 22.5 Å². The van der Waals surface area contributed by atoms with E-state index in [-0.39, 0.29) is 16.2 Å². The summed E-state index contributed by atoms with van der Waals surface area (Å²) >= 11 is 0. The number of furan rings is 1. The Morgan fingerprint density at radius 3 is 2.00 bits per heavy atom. The topological polar surface area (TPSA) is 25.2 Å². The van der Waals surface area contributed by atoms with Crippen molar-refractivity contribution < 1.29 is 4.42 Å². The Hall–Kier alpha value is -4.30. The average molecular weight is 548 g/mol. The summed E-state index contributed by atoms with van der Waals surface area (Å²) in [7, 11) is 0. The molecule has 2 aliphatic rings. The first-order valence-corrected chi connectivity index (χ1v) is 15.1. The maximum atomic E-state index is 6.78. The van der Waals surface area contributed by atoms with Crippen molar-refractivity contribution in [3.63, 3.8) is 0 Å². The minimum Gasteiger partial charge on any atom is -0.455 e. The molecule has 0 saturated carbocycles. The van der Waals surface area contributed by atoms with Crippen molar-refractivity contribution in [3.05, 3.63) is 119 Å². The van der Waals surface area contributed by atoms with Crippen molar-refractivity contribution in [2.24, 2.45) is 0 Å². The van der Waals surface area contributed by atoms with E-state index in [0.29, 0.717) is 0 Å². The van der Waals surface area contributed by atoms with Gasteiger partial charge in [0, 0.05) is 38.5 Å². The average Bonchev–Trinajstić information content (AvgIpc) is 3.53. The summed E-state index contributed by atoms with van der Waals surface area (Å²) in [4.78, 5) is 0. The number of fused-ring (bicyclic) bond motifs is 12. The van der Waals surface area contributed by atoms with Crippen LogP contribution >= 0.6 is 0 Å². The Balaban J connectivity index is 1.38. The van der Waals surface area contributed by atoms with Crippen LogP contribution in [0.5, 0.6) is 0 Å². The number of para-hydroxylation sites is 1. The van der Waals surface area contributed by atoms with Crippen LogP contribution in [0.4, 0.5) is 11.4 Å². The highest BCUT2D eigenvalue weighted by molar-refractivity contribution is 6.20. The van der Waals surface area contributed by atoms with Crippen LogP contribution in [0.3, 0.4) is 0 Å². The predicted octanol–water partition coefficient (Wildman–Crippen LogP) is 11.2. The van der Waals surface area contributed by atoms with Crippen LogP contribution in [-0.4, -0.2) is 0 Å². The molecule has 2 nitrogen and oxygen atoms in total. The molecule has 6 aromatic rings. The first-order valence-electron chi connectivity index (χ1n) is 15.1.